The molecule has 8 nitrogen and oxygen atoms in total. The summed E-state index contributed by atoms with van der Waals surface area (Å²) in [6.07, 6.45) is 1.94. The van der Waals surface area contributed by atoms with Gasteiger partial charge >= 0.3 is 0 Å². The monoisotopic (exact) mass is 510 g/mol. The van der Waals surface area contributed by atoms with Crippen LogP contribution in [0.5, 0.6) is 0 Å². The highest BCUT2D eigenvalue weighted by Crippen LogP contribution is 2.36. The first-order valence-corrected chi connectivity index (χ1v) is 11.6. The topological polar surface area (TPSA) is 125 Å². The molecule has 3 aromatic carbocycles. The summed E-state index contributed by atoms with van der Waals surface area (Å²) in [4.78, 5) is 34.4. The Kier molecular flexibility index (Phi) is 6.49. The third kappa shape index (κ3) is 4.77. The van der Waals surface area contributed by atoms with Gasteiger partial charge in [0, 0.05) is 24.0 Å². The van der Waals surface area contributed by atoms with Gasteiger partial charge in [-0.05, 0) is 60.0 Å². The standard InChI is InChI=1S/C28H20F2N6O2/c29-22-4-2-1-3-16(22)13-25(37)36-10-8-17-11-18(12-19(15-31)26(17)36)24-7-9-33-28(35-24)34-20-5-6-21(27(32)38)23(30)14-20/h1-7,9,11-12,14H,8,10,13H2,(H2,32,38)(H,33,34,35). The van der Waals surface area contributed by atoms with Crippen molar-refractivity contribution in [3.8, 4) is 17.3 Å². The van der Waals surface area contributed by atoms with Crippen LogP contribution in [0.3, 0.4) is 0 Å². The molecule has 1 aliphatic rings. The number of carbonyl (C=O) groups excluding carboxylic acids is 2. The number of nitrogens with one attached hydrogen (secondary N) is 1. The Labute approximate surface area is 216 Å². The van der Waals surface area contributed by atoms with Crippen LogP contribution in [-0.2, 0) is 17.6 Å². The van der Waals surface area contributed by atoms with Crippen LogP contribution in [0.15, 0.2) is 66.9 Å². The van der Waals surface area contributed by atoms with E-state index in [1.807, 2.05) is 6.07 Å². The summed E-state index contributed by atoms with van der Waals surface area (Å²) >= 11 is 0. The SMILES string of the molecule is N#Cc1cc(-c2ccnc(Nc3ccc(C(N)=O)c(F)c3)n2)cc2c1N(C(=O)Cc1ccccc1F)CC2. The number of hydrogen-bond donors (Lipinski definition) is 2. The minimum atomic E-state index is -0.871. The van der Waals surface area contributed by atoms with E-state index in [0.717, 1.165) is 11.6 Å². The van der Waals surface area contributed by atoms with Crippen LogP contribution < -0.4 is 16.0 Å². The van der Waals surface area contributed by atoms with Crippen LogP contribution in [-0.4, -0.2) is 28.3 Å². The summed E-state index contributed by atoms with van der Waals surface area (Å²) in [6.45, 7) is 0.379. The van der Waals surface area contributed by atoms with Crippen LogP contribution in [0.4, 0.5) is 26.1 Å². The number of halogens is 2. The Bertz CT molecular complexity index is 1630. The maximum Gasteiger partial charge on any atom is 0.251 e. The number of hydrogen-bond acceptors (Lipinski definition) is 6. The molecule has 2 heterocycles. The van der Waals surface area contributed by atoms with E-state index in [-0.39, 0.29) is 23.8 Å². The molecule has 0 saturated carbocycles. The summed E-state index contributed by atoms with van der Waals surface area (Å²) in [7, 11) is 0. The quantitative estimate of drug-likeness (QED) is 0.399. The van der Waals surface area contributed by atoms with Crippen molar-refractivity contribution in [3.63, 3.8) is 0 Å². The Morgan fingerprint density at radius 2 is 1.89 bits per heavy atom. The lowest BCUT2D eigenvalue weighted by molar-refractivity contribution is -0.117. The van der Waals surface area contributed by atoms with E-state index in [0.29, 0.717) is 46.7 Å². The first kappa shape index (κ1) is 24.5. The van der Waals surface area contributed by atoms with Crippen molar-refractivity contribution >= 4 is 29.1 Å². The Balaban J connectivity index is 1.41. The van der Waals surface area contributed by atoms with Gasteiger partial charge in [-0.25, -0.2) is 18.7 Å². The van der Waals surface area contributed by atoms with Crippen molar-refractivity contribution in [1.29, 1.82) is 5.26 Å². The van der Waals surface area contributed by atoms with E-state index in [4.69, 9.17) is 5.73 Å². The summed E-state index contributed by atoms with van der Waals surface area (Å²) < 4.78 is 28.2. The number of amides is 2. The van der Waals surface area contributed by atoms with Crippen molar-refractivity contribution in [2.75, 3.05) is 16.8 Å². The molecule has 188 valence electrons. The maximum absolute atomic E-state index is 14.1. The molecule has 0 unspecified atom stereocenters. The molecule has 0 atom stereocenters. The largest absolute Gasteiger partial charge is 0.366 e. The van der Waals surface area contributed by atoms with Crippen molar-refractivity contribution in [2.24, 2.45) is 5.73 Å². The molecule has 4 aromatic rings. The minimum Gasteiger partial charge on any atom is -0.366 e. The van der Waals surface area contributed by atoms with E-state index in [9.17, 15) is 23.6 Å². The molecule has 0 bridgehead atoms. The fraction of sp³-hybridized carbons (Fsp3) is 0.107. The van der Waals surface area contributed by atoms with E-state index in [2.05, 4.69) is 21.4 Å². The number of nitrogens with two attached hydrogens (primary N) is 1. The third-order valence-corrected chi connectivity index (χ3v) is 6.23. The second-order valence-electron chi connectivity index (χ2n) is 8.66. The highest BCUT2D eigenvalue weighted by atomic mass is 19.1. The lowest BCUT2D eigenvalue weighted by Gasteiger charge is -2.19. The number of nitriles is 1. The number of nitrogens with zero attached hydrogens (tertiary/aromatic N) is 4. The van der Waals surface area contributed by atoms with Crippen LogP contribution in [0.25, 0.3) is 11.3 Å². The van der Waals surface area contributed by atoms with Crippen molar-refractivity contribution in [3.05, 3.63) is 101 Å². The molecule has 1 aliphatic heterocycles. The van der Waals surface area contributed by atoms with Crippen LogP contribution in [0.2, 0.25) is 0 Å². The summed E-state index contributed by atoms with van der Waals surface area (Å²) in [5, 5.41) is 12.8. The molecule has 1 aromatic heterocycles. The van der Waals surface area contributed by atoms with E-state index in [1.54, 1.807) is 30.3 Å². The summed E-state index contributed by atoms with van der Waals surface area (Å²) in [6, 6.07) is 17.3. The fourth-order valence-electron chi connectivity index (χ4n) is 4.43. The van der Waals surface area contributed by atoms with Gasteiger partial charge < -0.3 is 16.0 Å². The first-order valence-electron chi connectivity index (χ1n) is 11.6. The summed E-state index contributed by atoms with van der Waals surface area (Å²) in [5.74, 6) is -2.21. The Hall–Kier alpha value is -5.17. The van der Waals surface area contributed by atoms with Gasteiger partial charge in [0.25, 0.3) is 5.91 Å². The third-order valence-electron chi connectivity index (χ3n) is 6.23. The van der Waals surface area contributed by atoms with Crippen molar-refractivity contribution in [2.45, 2.75) is 12.8 Å². The van der Waals surface area contributed by atoms with Crippen LogP contribution >= 0.6 is 0 Å². The number of fused-ring (bicyclic) bond motifs is 1. The van der Waals surface area contributed by atoms with Gasteiger partial charge in [-0.3, -0.25) is 9.59 Å². The number of aromatic nitrogens is 2. The fourth-order valence-corrected chi connectivity index (χ4v) is 4.43. The molecule has 0 fully saturated rings. The van der Waals surface area contributed by atoms with E-state index >= 15 is 0 Å². The van der Waals surface area contributed by atoms with Crippen LogP contribution in [0, 0.1) is 23.0 Å². The first-order chi connectivity index (χ1) is 18.3. The zero-order valence-corrected chi connectivity index (χ0v) is 19.9. The molecule has 0 radical (unpaired) electrons. The Morgan fingerprint density at radius 1 is 1.08 bits per heavy atom. The highest BCUT2D eigenvalue weighted by molar-refractivity contribution is 5.99. The average Bonchev–Trinajstić information content (AvgIpc) is 3.34. The smallest absolute Gasteiger partial charge is 0.251 e. The average molecular weight is 511 g/mol. The molecule has 0 saturated heterocycles. The molecule has 3 N–H and O–H groups in total. The lowest BCUT2D eigenvalue weighted by atomic mass is 10.0. The van der Waals surface area contributed by atoms with Gasteiger partial charge in [-0.1, -0.05) is 18.2 Å². The molecule has 10 heteroatoms. The normalized spacial score (nSPS) is 12.1. The van der Waals surface area contributed by atoms with E-state index < -0.39 is 17.5 Å². The summed E-state index contributed by atoms with van der Waals surface area (Å²) in [5.41, 5.74) is 8.31. The zero-order valence-electron chi connectivity index (χ0n) is 19.9. The predicted molar refractivity (Wildman–Crippen MR) is 137 cm³/mol. The molecular formula is C28H20F2N6O2. The molecule has 0 spiro atoms. The minimum absolute atomic E-state index is 0.110. The molecule has 38 heavy (non-hydrogen) atoms. The Morgan fingerprint density at radius 3 is 2.63 bits per heavy atom. The second-order valence-corrected chi connectivity index (χ2v) is 8.66. The highest BCUT2D eigenvalue weighted by Gasteiger charge is 2.29. The lowest BCUT2D eigenvalue weighted by Crippen LogP contribution is -2.31. The number of anilines is 3. The van der Waals surface area contributed by atoms with Gasteiger partial charge in [0.1, 0.15) is 17.7 Å². The molecule has 0 aliphatic carbocycles. The number of primary amides is 1. The van der Waals surface area contributed by atoms with Crippen LogP contribution in [0.1, 0.15) is 27.0 Å². The van der Waals surface area contributed by atoms with Crippen molar-refractivity contribution in [1.82, 2.24) is 9.97 Å². The molecule has 2 amide bonds. The van der Waals surface area contributed by atoms with Gasteiger partial charge in [0.05, 0.1) is 28.9 Å². The number of rotatable bonds is 6. The maximum atomic E-state index is 14.1. The van der Waals surface area contributed by atoms with Gasteiger partial charge in [0.15, 0.2) is 0 Å². The van der Waals surface area contributed by atoms with Crippen molar-refractivity contribution < 1.29 is 18.4 Å². The zero-order chi connectivity index (χ0) is 26.8. The number of benzene rings is 3. The van der Waals surface area contributed by atoms with Gasteiger partial charge in [-0.15, -0.1) is 0 Å². The molecule has 5 rings (SSSR count). The van der Waals surface area contributed by atoms with Gasteiger partial charge in [-0.2, -0.15) is 5.26 Å². The molecular weight excluding hydrogens is 490 g/mol. The van der Waals surface area contributed by atoms with Gasteiger partial charge in [0.2, 0.25) is 11.9 Å². The second kappa shape index (κ2) is 10.1. The predicted octanol–water partition coefficient (Wildman–Crippen LogP) is 4.27. The number of carbonyl (C=O) groups is 2. The van der Waals surface area contributed by atoms with E-state index in [1.165, 1.54) is 29.3 Å².